The Morgan fingerprint density at radius 1 is 1.10 bits per heavy atom. The first-order valence-electron chi connectivity index (χ1n) is 10.9. The molecule has 2 aromatic carbocycles. The van der Waals surface area contributed by atoms with E-state index in [-0.39, 0.29) is 31.3 Å². The van der Waals surface area contributed by atoms with Crippen LogP contribution in [0, 0.1) is 26.7 Å². The van der Waals surface area contributed by atoms with Crippen LogP contribution in [0.1, 0.15) is 65.2 Å². The molecular formula is C26H31NO4. The van der Waals surface area contributed by atoms with E-state index in [9.17, 15) is 14.4 Å². The second-order valence-corrected chi connectivity index (χ2v) is 8.56. The largest absolute Gasteiger partial charge is 0.457 e. The van der Waals surface area contributed by atoms with E-state index in [1.165, 1.54) is 0 Å². The van der Waals surface area contributed by atoms with Gasteiger partial charge in [-0.2, -0.15) is 0 Å². The second-order valence-electron chi connectivity index (χ2n) is 8.56. The van der Waals surface area contributed by atoms with Gasteiger partial charge < -0.3 is 9.64 Å². The van der Waals surface area contributed by atoms with E-state index in [1.54, 1.807) is 4.90 Å². The van der Waals surface area contributed by atoms with Gasteiger partial charge in [-0.15, -0.1) is 0 Å². The van der Waals surface area contributed by atoms with Crippen molar-refractivity contribution >= 4 is 23.3 Å². The highest BCUT2D eigenvalue weighted by molar-refractivity contribution is 6.02. The lowest BCUT2D eigenvalue weighted by molar-refractivity contribution is -0.147. The number of Topliss-reactive ketones (excluding diaryl/α,β-unsaturated/α-hetero) is 1. The molecule has 1 amide bonds. The smallest absolute Gasteiger partial charge is 0.311 e. The van der Waals surface area contributed by atoms with Crippen LogP contribution in [-0.4, -0.2) is 30.8 Å². The van der Waals surface area contributed by atoms with Crippen molar-refractivity contribution in [1.29, 1.82) is 0 Å². The molecular weight excluding hydrogens is 390 g/mol. The SMILES string of the molecule is CC[C@H](C)c1ccccc1N1C[C@H](C(=O)OCC(=O)c2cc(C)c(C)cc2C)CC1=O. The van der Waals surface area contributed by atoms with Crippen molar-refractivity contribution in [2.45, 2.75) is 53.4 Å². The minimum absolute atomic E-state index is 0.0889. The van der Waals surface area contributed by atoms with Crippen LogP contribution in [0.15, 0.2) is 36.4 Å². The summed E-state index contributed by atoms with van der Waals surface area (Å²) in [5.74, 6) is -1.06. The minimum Gasteiger partial charge on any atom is -0.457 e. The van der Waals surface area contributed by atoms with E-state index in [2.05, 4.69) is 13.8 Å². The molecule has 5 nitrogen and oxygen atoms in total. The summed E-state index contributed by atoms with van der Waals surface area (Å²) >= 11 is 0. The number of ether oxygens (including phenoxy) is 1. The van der Waals surface area contributed by atoms with E-state index in [1.807, 2.05) is 57.2 Å². The number of amides is 1. The summed E-state index contributed by atoms with van der Waals surface area (Å²) in [7, 11) is 0. The predicted octanol–water partition coefficient (Wildman–Crippen LogP) is 4.90. The molecule has 5 heteroatoms. The third kappa shape index (κ3) is 4.87. The Morgan fingerprint density at radius 2 is 1.77 bits per heavy atom. The Balaban J connectivity index is 1.66. The maximum absolute atomic E-state index is 12.7. The number of anilines is 1. The van der Waals surface area contributed by atoms with Crippen molar-refractivity contribution in [2.75, 3.05) is 18.1 Å². The normalized spacial score (nSPS) is 17.0. The molecule has 0 unspecified atom stereocenters. The molecule has 31 heavy (non-hydrogen) atoms. The number of aryl methyl sites for hydroxylation is 3. The Kier molecular flexibility index (Phi) is 6.94. The van der Waals surface area contributed by atoms with Crippen molar-refractivity contribution in [1.82, 2.24) is 0 Å². The van der Waals surface area contributed by atoms with E-state index < -0.39 is 11.9 Å². The highest BCUT2D eigenvalue weighted by atomic mass is 16.5. The number of para-hydroxylation sites is 1. The standard InChI is InChI=1S/C26H31NO4/c1-6-16(2)21-9-7-8-10-23(21)27-14-20(13-25(27)29)26(30)31-15-24(28)22-12-18(4)17(3)11-19(22)5/h7-12,16,20H,6,13-15H2,1-5H3/t16-,20+/m0/s1. The summed E-state index contributed by atoms with van der Waals surface area (Å²) < 4.78 is 5.33. The lowest BCUT2D eigenvalue weighted by atomic mass is 9.96. The fourth-order valence-electron chi connectivity index (χ4n) is 4.06. The van der Waals surface area contributed by atoms with Gasteiger partial charge in [-0.05, 0) is 67.5 Å². The van der Waals surface area contributed by atoms with Gasteiger partial charge in [-0.3, -0.25) is 14.4 Å². The van der Waals surface area contributed by atoms with Crippen molar-refractivity contribution in [2.24, 2.45) is 5.92 Å². The first-order valence-corrected chi connectivity index (χ1v) is 10.9. The topological polar surface area (TPSA) is 63.7 Å². The lowest BCUT2D eigenvalue weighted by Crippen LogP contribution is -2.28. The first-order chi connectivity index (χ1) is 14.7. The number of hydrogen-bond donors (Lipinski definition) is 0. The van der Waals surface area contributed by atoms with Gasteiger partial charge in [0.05, 0.1) is 5.92 Å². The second kappa shape index (κ2) is 9.46. The van der Waals surface area contributed by atoms with Gasteiger partial charge >= 0.3 is 5.97 Å². The third-order valence-corrected chi connectivity index (χ3v) is 6.32. The Labute approximate surface area is 184 Å². The van der Waals surface area contributed by atoms with E-state index in [0.717, 1.165) is 34.4 Å². The van der Waals surface area contributed by atoms with Gasteiger partial charge in [0.2, 0.25) is 11.7 Å². The molecule has 2 atom stereocenters. The van der Waals surface area contributed by atoms with Crippen LogP contribution in [-0.2, 0) is 14.3 Å². The number of hydrogen-bond acceptors (Lipinski definition) is 4. The zero-order chi connectivity index (χ0) is 22.7. The number of benzene rings is 2. The molecule has 2 aromatic rings. The third-order valence-electron chi connectivity index (χ3n) is 6.32. The highest BCUT2D eigenvalue weighted by Crippen LogP contribution is 2.33. The summed E-state index contributed by atoms with van der Waals surface area (Å²) in [6.07, 6.45) is 1.06. The zero-order valence-corrected chi connectivity index (χ0v) is 19.0. The molecule has 1 saturated heterocycles. The molecule has 1 aliphatic rings. The Bertz CT molecular complexity index is 1010. The first kappa shape index (κ1) is 22.7. The van der Waals surface area contributed by atoms with Crippen LogP contribution >= 0.6 is 0 Å². The fourth-order valence-corrected chi connectivity index (χ4v) is 4.06. The van der Waals surface area contributed by atoms with Crippen molar-refractivity contribution in [3.05, 3.63) is 64.2 Å². The van der Waals surface area contributed by atoms with Crippen molar-refractivity contribution in [3.8, 4) is 0 Å². The van der Waals surface area contributed by atoms with Gasteiger partial charge in [0, 0.05) is 24.2 Å². The molecule has 0 bridgehead atoms. The Hall–Kier alpha value is -2.95. The molecule has 0 N–H and O–H groups in total. The molecule has 0 aliphatic carbocycles. The number of nitrogens with zero attached hydrogens (tertiary/aromatic N) is 1. The molecule has 0 saturated carbocycles. The molecule has 1 aliphatic heterocycles. The summed E-state index contributed by atoms with van der Waals surface area (Å²) in [6.45, 7) is 10.0. The van der Waals surface area contributed by atoms with Crippen LogP contribution in [0.3, 0.4) is 0 Å². The Morgan fingerprint density at radius 3 is 2.48 bits per heavy atom. The predicted molar refractivity (Wildman–Crippen MR) is 122 cm³/mol. The quantitative estimate of drug-likeness (QED) is 0.471. The molecule has 164 valence electrons. The maximum Gasteiger partial charge on any atom is 0.311 e. The molecule has 1 fully saturated rings. The number of esters is 1. The molecule has 0 spiro atoms. The summed E-state index contributed by atoms with van der Waals surface area (Å²) in [6, 6.07) is 11.6. The lowest BCUT2D eigenvalue weighted by Gasteiger charge is -2.23. The van der Waals surface area contributed by atoms with Crippen LogP contribution in [0.2, 0.25) is 0 Å². The van der Waals surface area contributed by atoms with Crippen LogP contribution in [0.4, 0.5) is 5.69 Å². The van der Waals surface area contributed by atoms with E-state index in [4.69, 9.17) is 4.74 Å². The van der Waals surface area contributed by atoms with Gasteiger partial charge in [-0.1, -0.05) is 38.1 Å². The van der Waals surface area contributed by atoms with Crippen LogP contribution in [0.5, 0.6) is 0 Å². The van der Waals surface area contributed by atoms with Crippen LogP contribution < -0.4 is 4.90 Å². The van der Waals surface area contributed by atoms with Gasteiger partial charge in [-0.25, -0.2) is 0 Å². The minimum atomic E-state index is -0.564. The molecule has 1 heterocycles. The number of carbonyl (C=O) groups is 3. The summed E-state index contributed by atoms with van der Waals surface area (Å²) in [5.41, 5.74) is 5.55. The van der Waals surface area contributed by atoms with E-state index in [0.29, 0.717) is 11.5 Å². The summed E-state index contributed by atoms with van der Waals surface area (Å²) in [5, 5.41) is 0. The average molecular weight is 422 g/mol. The maximum atomic E-state index is 12.7. The highest BCUT2D eigenvalue weighted by Gasteiger charge is 2.37. The monoisotopic (exact) mass is 421 g/mol. The number of carbonyl (C=O) groups excluding carboxylic acids is 3. The zero-order valence-electron chi connectivity index (χ0n) is 19.0. The number of rotatable bonds is 7. The molecule has 3 rings (SSSR count). The average Bonchev–Trinajstić information content (AvgIpc) is 3.15. The molecule has 0 aromatic heterocycles. The van der Waals surface area contributed by atoms with Crippen molar-refractivity contribution < 1.29 is 19.1 Å². The summed E-state index contributed by atoms with van der Waals surface area (Å²) in [4.78, 5) is 39.6. The number of ketones is 1. The van der Waals surface area contributed by atoms with Gasteiger partial charge in [0.1, 0.15) is 0 Å². The van der Waals surface area contributed by atoms with Crippen LogP contribution in [0.25, 0.3) is 0 Å². The van der Waals surface area contributed by atoms with Gasteiger partial charge in [0.25, 0.3) is 0 Å². The molecule has 0 radical (unpaired) electrons. The van der Waals surface area contributed by atoms with Gasteiger partial charge in [0.15, 0.2) is 6.61 Å². The van der Waals surface area contributed by atoms with E-state index >= 15 is 0 Å². The van der Waals surface area contributed by atoms with Crippen molar-refractivity contribution in [3.63, 3.8) is 0 Å². The fraction of sp³-hybridized carbons (Fsp3) is 0.423.